The first-order chi connectivity index (χ1) is 11.7. The molecule has 2 aromatic carbocycles. The van der Waals surface area contributed by atoms with Crippen LogP contribution >= 0.6 is 11.6 Å². The van der Waals surface area contributed by atoms with Crippen LogP contribution < -0.4 is 15.8 Å². The Labute approximate surface area is 146 Å². The molecule has 1 heterocycles. The lowest BCUT2D eigenvalue weighted by atomic mass is 10.0. The van der Waals surface area contributed by atoms with Crippen LogP contribution in [-0.4, -0.2) is 12.1 Å². The summed E-state index contributed by atoms with van der Waals surface area (Å²) < 4.78 is 5.29. The summed E-state index contributed by atoms with van der Waals surface area (Å²) in [5, 5.41) is 3.83. The second kappa shape index (κ2) is 7.23. The molecule has 3 aromatic rings. The van der Waals surface area contributed by atoms with Crippen molar-refractivity contribution in [3.8, 4) is 16.9 Å². The van der Waals surface area contributed by atoms with Crippen LogP contribution in [0.4, 0.5) is 11.5 Å². The van der Waals surface area contributed by atoms with E-state index in [4.69, 9.17) is 22.1 Å². The van der Waals surface area contributed by atoms with Gasteiger partial charge in [-0.1, -0.05) is 41.9 Å². The summed E-state index contributed by atoms with van der Waals surface area (Å²) in [7, 11) is 1.67. The Morgan fingerprint density at radius 1 is 1.08 bits per heavy atom. The first kappa shape index (κ1) is 16.1. The van der Waals surface area contributed by atoms with Gasteiger partial charge in [-0.2, -0.15) is 0 Å². The van der Waals surface area contributed by atoms with Crippen molar-refractivity contribution in [1.82, 2.24) is 4.98 Å². The van der Waals surface area contributed by atoms with E-state index in [0.29, 0.717) is 17.4 Å². The summed E-state index contributed by atoms with van der Waals surface area (Å²) in [4.78, 5) is 4.04. The highest BCUT2D eigenvalue weighted by molar-refractivity contribution is 6.30. The van der Waals surface area contributed by atoms with Crippen LogP contribution in [0.5, 0.6) is 5.75 Å². The van der Waals surface area contributed by atoms with Crippen LogP contribution in [0.25, 0.3) is 11.1 Å². The predicted octanol–water partition coefficient (Wildman–Crippen LogP) is 4.60. The SMILES string of the molecule is COc1cccc(-c2cccc(CNc3cc(Cl)cnc3N)c2)c1. The lowest BCUT2D eigenvalue weighted by molar-refractivity contribution is 0.415. The van der Waals surface area contributed by atoms with Crippen molar-refractivity contribution < 1.29 is 4.74 Å². The van der Waals surface area contributed by atoms with Gasteiger partial charge < -0.3 is 15.8 Å². The number of ether oxygens (including phenoxy) is 1. The molecule has 0 bridgehead atoms. The Hall–Kier alpha value is -2.72. The maximum Gasteiger partial charge on any atom is 0.146 e. The van der Waals surface area contributed by atoms with E-state index in [1.807, 2.05) is 24.3 Å². The molecule has 5 heteroatoms. The molecule has 0 fully saturated rings. The Morgan fingerprint density at radius 2 is 1.83 bits per heavy atom. The molecule has 0 aliphatic rings. The molecular formula is C19H18ClN3O. The van der Waals surface area contributed by atoms with Crippen molar-refractivity contribution in [2.24, 2.45) is 0 Å². The number of benzene rings is 2. The predicted molar refractivity (Wildman–Crippen MR) is 99.4 cm³/mol. The van der Waals surface area contributed by atoms with E-state index >= 15 is 0 Å². The fourth-order valence-corrected chi connectivity index (χ4v) is 2.61. The zero-order valence-electron chi connectivity index (χ0n) is 13.3. The Balaban J connectivity index is 1.79. The monoisotopic (exact) mass is 339 g/mol. The Morgan fingerprint density at radius 3 is 2.62 bits per heavy atom. The molecule has 0 amide bonds. The highest BCUT2D eigenvalue weighted by Gasteiger charge is 2.04. The van der Waals surface area contributed by atoms with E-state index < -0.39 is 0 Å². The largest absolute Gasteiger partial charge is 0.497 e. The van der Waals surface area contributed by atoms with E-state index in [1.54, 1.807) is 13.2 Å². The van der Waals surface area contributed by atoms with Gasteiger partial charge in [0.15, 0.2) is 0 Å². The van der Waals surface area contributed by atoms with Crippen LogP contribution in [0.1, 0.15) is 5.56 Å². The molecule has 0 unspecified atom stereocenters. The number of hydrogen-bond acceptors (Lipinski definition) is 4. The fraction of sp³-hybridized carbons (Fsp3) is 0.105. The topological polar surface area (TPSA) is 60.2 Å². The first-order valence-corrected chi connectivity index (χ1v) is 7.92. The molecule has 122 valence electrons. The average Bonchev–Trinajstić information content (AvgIpc) is 2.63. The highest BCUT2D eigenvalue weighted by Crippen LogP contribution is 2.25. The van der Waals surface area contributed by atoms with Gasteiger partial charge in [0, 0.05) is 12.7 Å². The van der Waals surface area contributed by atoms with E-state index in [9.17, 15) is 0 Å². The lowest BCUT2D eigenvalue weighted by Crippen LogP contribution is -2.03. The number of anilines is 2. The van der Waals surface area contributed by atoms with Gasteiger partial charge in [-0.15, -0.1) is 0 Å². The van der Waals surface area contributed by atoms with Gasteiger partial charge in [-0.3, -0.25) is 0 Å². The van der Waals surface area contributed by atoms with Crippen molar-refractivity contribution in [3.05, 3.63) is 71.4 Å². The summed E-state index contributed by atoms with van der Waals surface area (Å²) >= 11 is 5.96. The van der Waals surface area contributed by atoms with Gasteiger partial charge in [-0.05, 0) is 41.0 Å². The molecule has 0 saturated carbocycles. The normalized spacial score (nSPS) is 10.4. The fourth-order valence-electron chi connectivity index (χ4n) is 2.45. The molecular weight excluding hydrogens is 322 g/mol. The van der Waals surface area contributed by atoms with Crippen molar-refractivity contribution in [2.75, 3.05) is 18.2 Å². The molecule has 0 radical (unpaired) electrons. The summed E-state index contributed by atoms with van der Waals surface area (Å²) in [5.74, 6) is 1.28. The summed E-state index contributed by atoms with van der Waals surface area (Å²) in [6.45, 7) is 0.629. The molecule has 24 heavy (non-hydrogen) atoms. The van der Waals surface area contributed by atoms with Crippen molar-refractivity contribution in [3.63, 3.8) is 0 Å². The molecule has 3 N–H and O–H groups in total. The third-order valence-electron chi connectivity index (χ3n) is 3.70. The molecule has 0 saturated heterocycles. The minimum Gasteiger partial charge on any atom is -0.497 e. The second-order valence-electron chi connectivity index (χ2n) is 5.37. The zero-order valence-corrected chi connectivity index (χ0v) is 14.0. The number of aromatic nitrogens is 1. The number of nitrogens with one attached hydrogen (secondary N) is 1. The molecule has 3 rings (SSSR count). The molecule has 4 nitrogen and oxygen atoms in total. The molecule has 0 aliphatic carbocycles. The number of nitrogen functional groups attached to an aromatic ring is 1. The van der Waals surface area contributed by atoms with Gasteiger partial charge in [0.25, 0.3) is 0 Å². The minimum absolute atomic E-state index is 0.434. The van der Waals surface area contributed by atoms with E-state index in [2.05, 4.69) is 34.6 Å². The zero-order chi connectivity index (χ0) is 16.9. The quantitative estimate of drug-likeness (QED) is 0.713. The molecule has 0 spiro atoms. The van der Waals surface area contributed by atoms with Gasteiger partial charge in [0.05, 0.1) is 17.8 Å². The number of pyridine rings is 1. The number of rotatable bonds is 5. The van der Waals surface area contributed by atoms with Gasteiger partial charge in [0.2, 0.25) is 0 Å². The Kier molecular flexibility index (Phi) is 4.87. The number of nitrogens with zero attached hydrogens (tertiary/aromatic N) is 1. The first-order valence-electron chi connectivity index (χ1n) is 7.54. The molecule has 0 atom stereocenters. The van der Waals surface area contributed by atoms with Crippen molar-refractivity contribution in [2.45, 2.75) is 6.54 Å². The van der Waals surface area contributed by atoms with Crippen LogP contribution in [0.15, 0.2) is 60.8 Å². The van der Waals surface area contributed by atoms with Crippen molar-refractivity contribution in [1.29, 1.82) is 0 Å². The average molecular weight is 340 g/mol. The highest BCUT2D eigenvalue weighted by atomic mass is 35.5. The lowest BCUT2D eigenvalue weighted by Gasteiger charge is -2.11. The molecule has 1 aromatic heterocycles. The number of methoxy groups -OCH3 is 1. The summed E-state index contributed by atoms with van der Waals surface area (Å²) in [6.07, 6.45) is 1.53. The maximum atomic E-state index is 5.96. The smallest absolute Gasteiger partial charge is 0.146 e. The van der Waals surface area contributed by atoms with Crippen LogP contribution in [-0.2, 0) is 6.54 Å². The van der Waals surface area contributed by atoms with E-state index in [1.165, 1.54) is 6.20 Å². The Bertz CT molecular complexity index is 852. The number of halogens is 1. The van der Waals surface area contributed by atoms with Crippen LogP contribution in [0, 0.1) is 0 Å². The van der Waals surface area contributed by atoms with E-state index in [-0.39, 0.29) is 0 Å². The van der Waals surface area contributed by atoms with Gasteiger partial charge in [0.1, 0.15) is 11.6 Å². The third-order valence-corrected chi connectivity index (χ3v) is 3.90. The standard InChI is InChI=1S/C19H18ClN3O/c1-24-17-7-3-6-15(9-17)14-5-2-4-13(8-14)11-22-18-10-16(20)12-23-19(18)21/h2-10,12,22H,11H2,1H3,(H2,21,23). The minimum atomic E-state index is 0.434. The van der Waals surface area contributed by atoms with E-state index in [0.717, 1.165) is 28.1 Å². The van der Waals surface area contributed by atoms with Crippen molar-refractivity contribution >= 4 is 23.1 Å². The number of hydrogen-bond donors (Lipinski definition) is 2. The third kappa shape index (κ3) is 3.78. The van der Waals surface area contributed by atoms with Gasteiger partial charge in [-0.25, -0.2) is 4.98 Å². The number of nitrogens with two attached hydrogens (primary N) is 1. The molecule has 0 aliphatic heterocycles. The van der Waals surface area contributed by atoms with Crippen LogP contribution in [0.2, 0.25) is 5.02 Å². The maximum absolute atomic E-state index is 5.96. The van der Waals surface area contributed by atoms with Gasteiger partial charge >= 0.3 is 0 Å². The second-order valence-corrected chi connectivity index (χ2v) is 5.81. The summed E-state index contributed by atoms with van der Waals surface area (Å²) in [6, 6.07) is 18.1. The summed E-state index contributed by atoms with van der Waals surface area (Å²) in [5.41, 5.74) is 9.97. The van der Waals surface area contributed by atoms with Crippen LogP contribution in [0.3, 0.4) is 0 Å².